The van der Waals surface area contributed by atoms with Crippen LogP contribution in [0.1, 0.15) is 23.2 Å². The average molecular weight is 390 g/mol. The number of amides is 1. The zero-order valence-corrected chi connectivity index (χ0v) is 16.0. The van der Waals surface area contributed by atoms with Crippen molar-refractivity contribution in [3.05, 3.63) is 72.8 Å². The number of benzene rings is 2. The second kappa shape index (κ2) is 8.68. The van der Waals surface area contributed by atoms with Crippen molar-refractivity contribution in [2.75, 3.05) is 13.1 Å². The highest BCUT2D eigenvalue weighted by molar-refractivity contribution is 5.98. The van der Waals surface area contributed by atoms with Gasteiger partial charge in [-0.15, -0.1) is 0 Å². The zero-order valence-electron chi connectivity index (χ0n) is 16.0. The molecule has 0 radical (unpaired) electrons. The monoisotopic (exact) mass is 390 g/mol. The summed E-state index contributed by atoms with van der Waals surface area (Å²) in [7, 11) is 0. The SMILES string of the molecule is O=C(c1ccc(Oc2ccccc2)cc1)C1CCCN(C(=O)Cn2cncn2)C1. The number of rotatable bonds is 6. The Bertz CT molecular complexity index is 955. The summed E-state index contributed by atoms with van der Waals surface area (Å²) in [6.45, 7) is 1.25. The Labute approximate surface area is 168 Å². The number of hydrogen-bond donors (Lipinski definition) is 0. The predicted octanol–water partition coefficient (Wildman–Crippen LogP) is 3.19. The largest absolute Gasteiger partial charge is 0.457 e. The number of aromatic nitrogens is 3. The molecule has 1 amide bonds. The van der Waals surface area contributed by atoms with Gasteiger partial charge in [-0.05, 0) is 49.2 Å². The molecule has 7 heteroatoms. The van der Waals surface area contributed by atoms with Crippen molar-refractivity contribution in [1.29, 1.82) is 0 Å². The first-order valence-electron chi connectivity index (χ1n) is 9.66. The molecule has 2 heterocycles. The fourth-order valence-corrected chi connectivity index (χ4v) is 3.52. The van der Waals surface area contributed by atoms with E-state index in [0.29, 0.717) is 24.4 Å². The van der Waals surface area contributed by atoms with Gasteiger partial charge in [0.2, 0.25) is 5.91 Å². The molecule has 7 nitrogen and oxygen atoms in total. The number of piperidine rings is 1. The quantitative estimate of drug-likeness (QED) is 0.604. The summed E-state index contributed by atoms with van der Waals surface area (Å²) in [5, 5.41) is 3.97. The van der Waals surface area contributed by atoms with Gasteiger partial charge in [0.15, 0.2) is 5.78 Å². The van der Waals surface area contributed by atoms with E-state index < -0.39 is 0 Å². The van der Waals surface area contributed by atoms with Crippen LogP contribution in [0.5, 0.6) is 11.5 Å². The number of carbonyl (C=O) groups excluding carboxylic acids is 2. The summed E-state index contributed by atoms with van der Waals surface area (Å²) in [6, 6.07) is 16.7. The Morgan fingerprint density at radius 3 is 2.52 bits per heavy atom. The molecule has 3 aromatic rings. The molecule has 1 fully saturated rings. The molecule has 148 valence electrons. The van der Waals surface area contributed by atoms with Crippen molar-refractivity contribution in [3.63, 3.8) is 0 Å². The molecule has 1 aliphatic heterocycles. The third kappa shape index (κ3) is 4.68. The Morgan fingerprint density at radius 2 is 1.79 bits per heavy atom. The minimum absolute atomic E-state index is 0.0420. The Morgan fingerprint density at radius 1 is 1.03 bits per heavy atom. The second-order valence-electron chi connectivity index (χ2n) is 7.08. The molecule has 2 aromatic carbocycles. The Kier molecular flexibility index (Phi) is 5.65. The highest BCUT2D eigenvalue weighted by Crippen LogP contribution is 2.25. The first-order valence-corrected chi connectivity index (χ1v) is 9.66. The van der Waals surface area contributed by atoms with E-state index >= 15 is 0 Å². The van der Waals surface area contributed by atoms with Crippen LogP contribution in [0.4, 0.5) is 0 Å². The number of Topliss-reactive ketones (excluding diaryl/α,β-unsaturated/α-hetero) is 1. The first kappa shape index (κ1) is 18.9. The van der Waals surface area contributed by atoms with Crippen molar-refractivity contribution in [2.45, 2.75) is 19.4 Å². The molecule has 0 N–H and O–H groups in total. The van der Waals surface area contributed by atoms with E-state index in [4.69, 9.17) is 4.74 Å². The van der Waals surface area contributed by atoms with Gasteiger partial charge in [0.25, 0.3) is 0 Å². The molecule has 1 saturated heterocycles. The van der Waals surface area contributed by atoms with Crippen LogP contribution in [0.25, 0.3) is 0 Å². The highest BCUT2D eigenvalue weighted by atomic mass is 16.5. The molecule has 1 aliphatic rings. The molecule has 4 rings (SSSR count). The van der Waals surface area contributed by atoms with Crippen molar-refractivity contribution < 1.29 is 14.3 Å². The van der Waals surface area contributed by atoms with Crippen LogP contribution >= 0.6 is 0 Å². The van der Waals surface area contributed by atoms with Gasteiger partial charge in [-0.3, -0.25) is 9.59 Å². The smallest absolute Gasteiger partial charge is 0.244 e. The Hall–Kier alpha value is -3.48. The predicted molar refractivity (Wildman–Crippen MR) is 107 cm³/mol. The molecule has 0 spiro atoms. The van der Waals surface area contributed by atoms with Crippen LogP contribution in [0, 0.1) is 5.92 Å². The van der Waals surface area contributed by atoms with Crippen molar-refractivity contribution in [2.24, 2.45) is 5.92 Å². The minimum Gasteiger partial charge on any atom is -0.457 e. The van der Waals surface area contributed by atoms with E-state index in [-0.39, 0.29) is 24.2 Å². The summed E-state index contributed by atoms with van der Waals surface area (Å²) >= 11 is 0. The van der Waals surface area contributed by atoms with E-state index in [1.54, 1.807) is 29.2 Å². The third-order valence-corrected chi connectivity index (χ3v) is 5.03. The summed E-state index contributed by atoms with van der Waals surface area (Å²) < 4.78 is 7.28. The fraction of sp³-hybridized carbons (Fsp3) is 0.273. The number of hydrogen-bond acceptors (Lipinski definition) is 5. The lowest BCUT2D eigenvalue weighted by atomic mass is 9.90. The van der Waals surface area contributed by atoms with E-state index in [0.717, 1.165) is 18.6 Å². The van der Waals surface area contributed by atoms with Gasteiger partial charge in [-0.2, -0.15) is 5.10 Å². The van der Waals surface area contributed by atoms with E-state index in [1.807, 2.05) is 30.3 Å². The number of ketones is 1. The molecule has 1 atom stereocenters. The lowest BCUT2D eigenvalue weighted by Crippen LogP contribution is -2.43. The second-order valence-corrected chi connectivity index (χ2v) is 7.08. The van der Waals surface area contributed by atoms with Gasteiger partial charge in [-0.25, -0.2) is 9.67 Å². The van der Waals surface area contributed by atoms with Gasteiger partial charge < -0.3 is 9.64 Å². The van der Waals surface area contributed by atoms with Crippen molar-refractivity contribution >= 4 is 11.7 Å². The molecule has 0 bridgehead atoms. The molecular formula is C22H22N4O3. The first-order chi connectivity index (χ1) is 14.2. The summed E-state index contributed by atoms with van der Waals surface area (Å²) in [5.41, 5.74) is 0.640. The summed E-state index contributed by atoms with van der Waals surface area (Å²) in [6.07, 6.45) is 4.52. The van der Waals surface area contributed by atoms with E-state index in [1.165, 1.54) is 17.3 Å². The van der Waals surface area contributed by atoms with Crippen LogP contribution in [0.15, 0.2) is 67.3 Å². The Balaban J connectivity index is 1.37. The molecule has 0 aliphatic carbocycles. The van der Waals surface area contributed by atoms with Crippen molar-refractivity contribution in [3.8, 4) is 11.5 Å². The normalized spacial score (nSPS) is 16.4. The van der Waals surface area contributed by atoms with Gasteiger partial charge >= 0.3 is 0 Å². The maximum atomic E-state index is 12.9. The van der Waals surface area contributed by atoms with E-state index in [9.17, 15) is 9.59 Å². The maximum Gasteiger partial charge on any atom is 0.244 e. The van der Waals surface area contributed by atoms with Crippen LogP contribution in [-0.4, -0.2) is 44.4 Å². The zero-order chi connectivity index (χ0) is 20.1. The van der Waals surface area contributed by atoms with Gasteiger partial charge in [0.1, 0.15) is 30.7 Å². The molecular weight excluding hydrogens is 368 g/mol. The van der Waals surface area contributed by atoms with Crippen LogP contribution in [0.2, 0.25) is 0 Å². The summed E-state index contributed by atoms with van der Waals surface area (Å²) in [5.74, 6) is 1.26. The van der Waals surface area contributed by atoms with Gasteiger partial charge in [0, 0.05) is 24.6 Å². The summed E-state index contributed by atoms with van der Waals surface area (Å²) in [4.78, 5) is 31.1. The van der Waals surface area contributed by atoms with Gasteiger partial charge in [0.05, 0.1) is 0 Å². The van der Waals surface area contributed by atoms with Crippen molar-refractivity contribution in [1.82, 2.24) is 19.7 Å². The molecule has 1 unspecified atom stereocenters. The lowest BCUT2D eigenvalue weighted by molar-refractivity contribution is -0.133. The van der Waals surface area contributed by atoms with Crippen LogP contribution in [-0.2, 0) is 11.3 Å². The fourth-order valence-electron chi connectivity index (χ4n) is 3.52. The molecule has 0 saturated carbocycles. The van der Waals surface area contributed by atoms with Crippen LogP contribution < -0.4 is 4.74 Å². The topological polar surface area (TPSA) is 77.3 Å². The van der Waals surface area contributed by atoms with Crippen LogP contribution in [0.3, 0.4) is 0 Å². The molecule has 1 aromatic heterocycles. The third-order valence-electron chi connectivity index (χ3n) is 5.03. The van der Waals surface area contributed by atoms with E-state index in [2.05, 4.69) is 10.1 Å². The number of likely N-dealkylation sites (tertiary alicyclic amines) is 1. The minimum atomic E-state index is -0.190. The number of para-hydroxylation sites is 1. The number of nitrogens with zero attached hydrogens (tertiary/aromatic N) is 4. The standard InChI is InChI=1S/C22H22N4O3/c27-21(14-26-16-23-15-24-26)25-12-4-5-18(13-25)22(28)17-8-10-20(11-9-17)29-19-6-2-1-3-7-19/h1-3,6-11,15-16,18H,4-5,12-14H2. The number of carbonyl (C=O) groups is 2. The maximum absolute atomic E-state index is 12.9. The average Bonchev–Trinajstić information content (AvgIpc) is 3.28. The highest BCUT2D eigenvalue weighted by Gasteiger charge is 2.29. The lowest BCUT2D eigenvalue weighted by Gasteiger charge is -2.32. The van der Waals surface area contributed by atoms with Gasteiger partial charge in [-0.1, -0.05) is 18.2 Å². The number of ether oxygens (including phenoxy) is 1. The molecule has 29 heavy (non-hydrogen) atoms.